The number of hydrogen-bond donors (Lipinski definition) is 1. The third-order valence-corrected chi connectivity index (χ3v) is 8.80. The van der Waals surface area contributed by atoms with Gasteiger partial charge in [-0.2, -0.15) is 0 Å². The van der Waals surface area contributed by atoms with E-state index in [-0.39, 0.29) is 11.3 Å². The minimum atomic E-state index is 0.00219. The van der Waals surface area contributed by atoms with Gasteiger partial charge in [-0.15, -0.1) is 0 Å². The molecule has 31 heavy (non-hydrogen) atoms. The van der Waals surface area contributed by atoms with E-state index in [4.69, 9.17) is 11.6 Å². The van der Waals surface area contributed by atoms with E-state index in [0.29, 0.717) is 18.0 Å². The summed E-state index contributed by atoms with van der Waals surface area (Å²) in [5.74, 6) is 1.48. The van der Waals surface area contributed by atoms with Crippen molar-refractivity contribution < 1.29 is 4.79 Å². The molecule has 2 bridgehead atoms. The number of likely N-dealkylation sites (tertiary alicyclic amines) is 1. The van der Waals surface area contributed by atoms with Crippen molar-refractivity contribution in [3.63, 3.8) is 0 Å². The Hall–Kier alpha value is -1.84. The van der Waals surface area contributed by atoms with Crippen LogP contribution in [-0.2, 0) is 23.1 Å². The van der Waals surface area contributed by atoms with E-state index >= 15 is 0 Å². The minimum absolute atomic E-state index is 0.00219. The van der Waals surface area contributed by atoms with E-state index in [0.717, 1.165) is 36.0 Å². The monoisotopic (exact) mass is 436 g/mol. The van der Waals surface area contributed by atoms with Crippen LogP contribution in [0.2, 0.25) is 5.02 Å². The predicted octanol–water partition coefficient (Wildman–Crippen LogP) is 5.84. The van der Waals surface area contributed by atoms with E-state index < -0.39 is 0 Å². The molecule has 1 saturated carbocycles. The SMILES string of the molecule is CC(=O)Nc1ccc2c(c1)C1(C)CCC3CC1C(C2)N(CCc1ccc(Cl)cc1)C3C. The highest BCUT2D eigenvalue weighted by molar-refractivity contribution is 6.30. The second kappa shape index (κ2) is 7.94. The second-order valence-electron chi connectivity index (χ2n) is 10.2. The Balaban J connectivity index is 1.45. The van der Waals surface area contributed by atoms with Crippen molar-refractivity contribution >= 4 is 23.2 Å². The zero-order valence-corrected chi connectivity index (χ0v) is 19.6. The number of carbonyl (C=O) groups excluding carboxylic acids is 1. The molecule has 2 fully saturated rings. The molecular formula is C27H33ClN2O. The van der Waals surface area contributed by atoms with Gasteiger partial charge in [0.25, 0.3) is 0 Å². The predicted molar refractivity (Wildman–Crippen MR) is 128 cm³/mol. The molecule has 164 valence electrons. The maximum absolute atomic E-state index is 11.6. The van der Waals surface area contributed by atoms with E-state index in [1.807, 2.05) is 12.1 Å². The molecule has 1 aliphatic heterocycles. The van der Waals surface area contributed by atoms with Gasteiger partial charge < -0.3 is 5.32 Å². The number of nitrogens with one attached hydrogen (secondary N) is 1. The largest absolute Gasteiger partial charge is 0.326 e. The number of piperidine rings is 1. The van der Waals surface area contributed by atoms with E-state index in [1.54, 1.807) is 6.92 Å². The van der Waals surface area contributed by atoms with E-state index in [2.05, 4.69) is 54.4 Å². The number of amides is 1. The molecule has 1 N–H and O–H groups in total. The summed E-state index contributed by atoms with van der Waals surface area (Å²) >= 11 is 6.09. The summed E-state index contributed by atoms with van der Waals surface area (Å²) in [6, 6.07) is 16.2. The van der Waals surface area contributed by atoms with Crippen LogP contribution in [0.5, 0.6) is 0 Å². The molecule has 4 heteroatoms. The molecule has 5 rings (SSSR count). The van der Waals surface area contributed by atoms with Crippen LogP contribution in [0.4, 0.5) is 5.69 Å². The molecule has 5 unspecified atom stereocenters. The Morgan fingerprint density at radius 1 is 1.23 bits per heavy atom. The summed E-state index contributed by atoms with van der Waals surface area (Å²) < 4.78 is 0. The fraction of sp³-hybridized carbons (Fsp3) is 0.519. The average molecular weight is 437 g/mol. The number of hydrogen-bond acceptors (Lipinski definition) is 2. The first-order valence-corrected chi connectivity index (χ1v) is 12.1. The van der Waals surface area contributed by atoms with Crippen LogP contribution >= 0.6 is 11.6 Å². The molecular weight excluding hydrogens is 404 g/mol. The first kappa shape index (κ1) is 21.0. The van der Waals surface area contributed by atoms with Crippen molar-refractivity contribution in [2.24, 2.45) is 11.8 Å². The van der Waals surface area contributed by atoms with Gasteiger partial charge in [-0.1, -0.05) is 36.7 Å². The topological polar surface area (TPSA) is 32.3 Å². The fourth-order valence-corrected chi connectivity index (χ4v) is 6.99. The van der Waals surface area contributed by atoms with Gasteiger partial charge >= 0.3 is 0 Å². The van der Waals surface area contributed by atoms with Crippen molar-refractivity contribution in [1.82, 2.24) is 4.90 Å². The van der Waals surface area contributed by atoms with Crippen LogP contribution in [0.25, 0.3) is 0 Å². The molecule has 0 aromatic heterocycles. The van der Waals surface area contributed by atoms with Crippen LogP contribution in [0.1, 0.15) is 56.7 Å². The fourth-order valence-electron chi connectivity index (χ4n) is 6.86. The molecule has 2 aromatic rings. The summed E-state index contributed by atoms with van der Waals surface area (Å²) in [5.41, 5.74) is 5.46. The standard InChI is InChI=1S/C27H33ClN2O/c1-17-20-10-12-27(3)24-16-23(29-18(2)31)9-6-21(24)15-26(25(27)14-20)30(17)13-11-19-4-7-22(28)8-5-19/h4-9,16-17,20,25-26H,10-15H2,1-3H3,(H,29,31). The summed E-state index contributed by atoms with van der Waals surface area (Å²) in [4.78, 5) is 14.4. The molecule has 1 saturated heterocycles. The number of benzene rings is 2. The van der Waals surface area contributed by atoms with Gasteiger partial charge in [0.05, 0.1) is 0 Å². The van der Waals surface area contributed by atoms with Gasteiger partial charge in [0.15, 0.2) is 0 Å². The molecule has 1 amide bonds. The van der Waals surface area contributed by atoms with Gasteiger partial charge in [-0.25, -0.2) is 0 Å². The summed E-state index contributed by atoms with van der Waals surface area (Å²) in [6.45, 7) is 7.64. The van der Waals surface area contributed by atoms with E-state index in [1.165, 1.54) is 36.0 Å². The van der Waals surface area contributed by atoms with Crippen molar-refractivity contribution in [3.05, 3.63) is 64.2 Å². The highest BCUT2D eigenvalue weighted by Gasteiger charge is 2.54. The van der Waals surface area contributed by atoms with Gasteiger partial charge in [0, 0.05) is 36.3 Å². The molecule has 1 heterocycles. The highest BCUT2D eigenvalue weighted by Crippen LogP contribution is 2.56. The number of nitrogens with zero attached hydrogens (tertiary/aromatic N) is 1. The number of halogens is 1. The Morgan fingerprint density at radius 3 is 2.74 bits per heavy atom. The van der Waals surface area contributed by atoms with Gasteiger partial charge in [0.2, 0.25) is 5.91 Å². The van der Waals surface area contributed by atoms with Crippen molar-refractivity contribution in [2.75, 3.05) is 11.9 Å². The van der Waals surface area contributed by atoms with Gasteiger partial charge in [-0.05, 0) is 97.2 Å². The summed E-state index contributed by atoms with van der Waals surface area (Å²) in [7, 11) is 0. The normalized spacial score (nSPS) is 31.7. The molecule has 0 spiro atoms. The van der Waals surface area contributed by atoms with Crippen LogP contribution in [0.15, 0.2) is 42.5 Å². The summed E-state index contributed by atoms with van der Waals surface area (Å²) in [5, 5.41) is 3.81. The zero-order chi connectivity index (χ0) is 21.8. The molecule has 2 aromatic carbocycles. The minimum Gasteiger partial charge on any atom is -0.326 e. The lowest BCUT2D eigenvalue weighted by Crippen LogP contribution is -2.63. The number of rotatable bonds is 4. The first-order chi connectivity index (χ1) is 14.8. The Bertz CT molecular complexity index is 987. The molecule has 3 aliphatic rings. The Labute approximate surface area is 191 Å². The summed E-state index contributed by atoms with van der Waals surface area (Å²) in [6.07, 6.45) is 6.08. The first-order valence-electron chi connectivity index (χ1n) is 11.8. The zero-order valence-electron chi connectivity index (χ0n) is 18.8. The quantitative estimate of drug-likeness (QED) is 0.652. The number of anilines is 1. The molecule has 2 aliphatic carbocycles. The van der Waals surface area contributed by atoms with Crippen molar-refractivity contribution in [3.8, 4) is 0 Å². The van der Waals surface area contributed by atoms with E-state index in [9.17, 15) is 4.79 Å². The number of carbonyl (C=O) groups is 1. The second-order valence-corrected chi connectivity index (χ2v) is 10.7. The number of fused-ring (bicyclic) bond motifs is 3. The molecule has 3 nitrogen and oxygen atoms in total. The van der Waals surface area contributed by atoms with Crippen LogP contribution in [-0.4, -0.2) is 29.4 Å². The third-order valence-electron chi connectivity index (χ3n) is 8.55. The Kier molecular flexibility index (Phi) is 5.38. The van der Waals surface area contributed by atoms with Crippen molar-refractivity contribution in [1.29, 1.82) is 0 Å². The molecule has 0 radical (unpaired) electrons. The van der Waals surface area contributed by atoms with Crippen LogP contribution in [0, 0.1) is 11.8 Å². The maximum Gasteiger partial charge on any atom is 0.221 e. The van der Waals surface area contributed by atoms with Crippen molar-refractivity contribution in [2.45, 2.75) is 70.4 Å². The smallest absolute Gasteiger partial charge is 0.221 e. The lowest BCUT2D eigenvalue weighted by molar-refractivity contribution is -0.114. The van der Waals surface area contributed by atoms with Crippen LogP contribution in [0.3, 0.4) is 0 Å². The average Bonchev–Trinajstić information content (AvgIpc) is 2.74. The third kappa shape index (κ3) is 3.70. The molecule has 5 atom stereocenters. The lowest BCUT2D eigenvalue weighted by Gasteiger charge is -2.61. The highest BCUT2D eigenvalue weighted by atomic mass is 35.5. The Morgan fingerprint density at radius 2 is 2.00 bits per heavy atom. The van der Waals surface area contributed by atoms with Gasteiger partial charge in [-0.3, -0.25) is 9.69 Å². The maximum atomic E-state index is 11.6. The lowest BCUT2D eigenvalue weighted by atomic mass is 9.52. The van der Waals surface area contributed by atoms with Gasteiger partial charge in [0.1, 0.15) is 0 Å². The van der Waals surface area contributed by atoms with Crippen LogP contribution < -0.4 is 5.32 Å².